The van der Waals surface area contributed by atoms with Gasteiger partial charge in [-0.15, -0.1) is 11.8 Å². The average molecular weight is 214 g/mol. The van der Waals surface area contributed by atoms with Gasteiger partial charge in [-0.2, -0.15) is 0 Å². The predicted octanol–water partition coefficient (Wildman–Crippen LogP) is 2.95. The van der Waals surface area contributed by atoms with Gasteiger partial charge in [0.1, 0.15) is 0 Å². The first-order chi connectivity index (χ1) is 6.22. The third-order valence-corrected chi connectivity index (χ3v) is 2.90. The van der Waals surface area contributed by atoms with Crippen molar-refractivity contribution in [3.05, 3.63) is 41.4 Å². The monoisotopic (exact) mass is 213 g/mol. The molecule has 2 N–H and O–H groups in total. The minimum Gasteiger partial charge on any atom is -0.327 e. The summed E-state index contributed by atoms with van der Waals surface area (Å²) >= 11 is 7.54. The summed E-state index contributed by atoms with van der Waals surface area (Å²) < 4.78 is 0. The topological polar surface area (TPSA) is 26.0 Å². The minimum absolute atomic E-state index is 0.549. The fourth-order valence-corrected chi connectivity index (χ4v) is 1.93. The third kappa shape index (κ3) is 3.85. The van der Waals surface area contributed by atoms with Crippen LogP contribution in [0.5, 0.6) is 0 Å². The first-order valence-electron chi connectivity index (χ1n) is 3.97. The molecule has 0 fully saturated rings. The van der Waals surface area contributed by atoms with Crippen molar-refractivity contribution < 1.29 is 0 Å². The number of hydrogen-bond acceptors (Lipinski definition) is 2. The molecule has 0 saturated carbocycles. The number of thioether (sulfide) groups is 1. The summed E-state index contributed by atoms with van der Waals surface area (Å²) in [7, 11) is 0. The van der Waals surface area contributed by atoms with Gasteiger partial charge in [-0.3, -0.25) is 0 Å². The zero-order valence-corrected chi connectivity index (χ0v) is 8.87. The second-order valence-corrected chi connectivity index (χ2v) is 4.19. The summed E-state index contributed by atoms with van der Waals surface area (Å²) in [5.74, 6) is 0.858. The highest BCUT2D eigenvalue weighted by atomic mass is 35.5. The van der Waals surface area contributed by atoms with Gasteiger partial charge in [-0.1, -0.05) is 29.8 Å². The Balaban J connectivity index is 2.50. The van der Waals surface area contributed by atoms with E-state index in [9.17, 15) is 0 Å². The van der Waals surface area contributed by atoms with E-state index in [2.05, 4.69) is 6.58 Å². The van der Waals surface area contributed by atoms with Crippen molar-refractivity contribution >= 4 is 23.4 Å². The van der Waals surface area contributed by atoms with Gasteiger partial charge in [0.05, 0.1) is 0 Å². The maximum Gasteiger partial charge on any atom is 0.0417 e. The smallest absolute Gasteiger partial charge is 0.0417 e. The summed E-state index contributed by atoms with van der Waals surface area (Å²) in [5.41, 5.74) is 6.47. The minimum atomic E-state index is 0.549. The van der Waals surface area contributed by atoms with Gasteiger partial charge in [-0.25, -0.2) is 0 Å². The molecule has 3 heteroatoms. The Hall–Kier alpha value is -0.440. The molecule has 0 aromatic heterocycles. The van der Waals surface area contributed by atoms with Crippen molar-refractivity contribution in [3.8, 4) is 0 Å². The second kappa shape index (κ2) is 5.32. The Morgan fingerprint density at radius 3 is 2.92 bits per heavy atom. The number of rotatable bonds is 4. The van der Waals surface area contributed by atoms with Crippen LogP contribution < -0.4 is 5.73 Å². The van der Waals surface area contributed by atoms with Crippen LogP contribution in [0.15, 0.2) is 41.3 Å². The van der Waals surface area contributed by atoms with Crippen molar-refractivity contribution in [2.45, 2.75) is 4.90 Å². The maximum absolute atomic E-state index is 5.83. The lowest BCUT2D eigenvalue weighted by Gasteiger charge is -2.02. The number of halogens is 1. The number of nitrogens with two attached hydrogens (primary N) is 1. The normalized spacial score (nSPS) is 10.0. The van der Waals surface area contributed by atoms with Gasteiger partial charge >= 0.3 is 0 Å². The van der Waals surface area contributed by atoms with Crippen LogP contribution in [0.25, 0.3) is 0 Å². The Labute approximate surface area is 88.0 Å². The van der Waals surface area contributed by atoms with Crippen LogP contribution in [0.2, 0.25) is 5.02 Å². The average Bonchev–Trinajstić information content (AvgIpc) is 2.14. The number of benzene rings is 1. The molecule has 0 aliphatic carbocycles. The van der Waals surface area contributed by atoms with Crippen LogP contribution in [0.3, 0.4) is 0 Å². The molecular formula is C10H12ClNS. The summed E-state index contributed by atoms with van der Waals surface area (Å²) in [5, 5.41) is 0.767. The molecule has 1 rings (SSSR count). The van der Waals surface area contributed by atoms with Crippen LogP contribution in [-0.4, -0.2) is 12.3 Å². The molecule has 0 radical (unpaired) electrons. The molecule has 0 amide bonds. The molecule has 70 valence electrons. The lowest BCUT2D eigenvalue weighted by Crippen LogP contribution is -2.03. The Bertz CT molecular complexity index is 299. The Morgan fingerprint density at radius 1 is 1.54 bits per heavy atom. The van der Waals surface area contributed by atoms with Crippen LogP contribution >= 0.6 is 23.4 Å². The molecule has 0 atom stereocenters. The molecule has 0 aliphatic heterocycles. The van der Waals surface area contributed by atoms with E-state index in [0.717, 1.165) is 21.2 Å². The largest absolute Gasteiger partial charge is 0.327 e. The summed E-state index contributed by atoms with van der Waals surface area (Å²) in [6.45, 7) is 4.38. The van der Waals surface area contributed by atoms with Crippen molar-refractivity contribution in [3.63, 3.8) is 0 Å². The van der Waals surface area contributed by atoms with Crippen molar-refractivity contribution in [2.24, 2.45) is 5.73 Å². The van der Waals surface area contributed by atoms with E-state index in [-0.39, 0.29) is 0 Å². The molecule has 13 heavy (non-hydrogen) atoms. The van der Waals surface area contributed by atoms with Crippen LogP contribution in [-0.2, 0) is 0 Å². The Kier molecular flexibility index (Phi) is 4.36. The molecule has 0 aliphatic rings. The van der Waals surface area contributed by atoms with Gasteiger partial charge in [0.25, 0.3) is 0 Å². The number of hydrogen-bond donors (Lipinski definition) is 1. The third-order valence-electron chi connectivity index (χ3n) is 1.53. The lowest BCUT2D eigenvalue weighted by molar-refractivity contribution is 1.15. The van der Waals surface area contributed by atoms with E-state index in [1.54, 1.807) is 11.8 Å². The lowest BCUT2D eigenvalue weighted by atomic mass is 10.4. The predicted molar refractivity (Wildman–Crippen MR) is 60.4 cm³/mol. The molecule has 0 bridgehead atoms. The highest BCUT2D eigenvalue weighted by Crippen LogP contribution is 2.22. The van der Waals surface area contributed by atoms with Gasteiger partial charge in [0.2, 0.25) is 0 Å². The van der Waals surface area contributed by atoms with E-state index in [1.807, 2.05) is 24.3 Å². The highest BCUT2D eigenvalue weighted by Gasteiger charge is 1.96. The fourth-order valence-electron chi connectivity index (χ4n) is 0.801. The van der Waals surface area contributed by atoms with Crippen molar-refractivity contribution in [2.75, 3.05) is 12.3 Å². The highest BCUT2D eigenvalue weighted by molar-refractivity contribution is 7.99. The quantitative estimate of drug-likeness (QED) is 0.615. The van der Waals surface area contributed by atoms with Crippen LogP contribution in [0.1, 0.15) is 0 Å². The van der Waals surface area contributed by atoms with Gasteiger partial charge in [-0.05, 0) is 18.2 Å². The summed E-state index contributed by atoms with van der Waals surface area (Å²) in [6.07, 6.45) is 0. The molecule has 1 aromatic carbocycles. The van der Waals surface area contributed by atoms with E-state index < -0.39 is 0 Å². The first-order valence-corrected chi connectivity index (χ1v) is 5.34. The first kappa shape index (κ1) is 10.6. The zero-order valence-electron chi connectivity index (χ0n) is 7.29. The van der Waals surface area contributed by atoms with Gasteiger partial charge < -0.3 is 5.73 Å². The van der Waals surface area contributed by atoms with E-state index in [4.69, 9.17) is 17.3 Å². The molecule has 0 heterocycles. The second-order valence-electron chi connectivity index (χ2n) is 2.70. The molecular weight excluding hydrogens is 202 g/mol. The molecule has 0 spiro atoms. The Morgan fingerprint density at radius 2 is 2.31 bits per heavy atom. The maximum atomic E-state index is 5.83. The van der Waals surface area contributed by atoms with Gasteiger partial charge in [0.15, 0.2) is 0 Å². The fraction of sp³-hybridized carbons (Fsp3) is 0.200. The van der Waals surface area contributed by atoms with E-state index in [0.29, 0.717) is 6.54 Å². The summed E-state index contributed by atoms with van der Waals surface area (Å²) in [4.78, 5) is 1.15. The molecule has 1 aromatic rings. The van der Waals surface area contributed by atoms with E-state index >= 15 is 0 Å². The van der Waals surface area contributed by atoms with Gasteiger partial charge in [0, 0.05) is 22.2 Å². The van der Waals surface area contributed by atoms with Crippen molar-refractivity contribution in [1.29, 1.82) is 0 Å². The van der Waals surface area contributed by atoms with E-state index in [1.165, 1.54) is 0 Å². The van der Waals surface area contributed by atoms with Crippen molar-refractivity contribution in [1.82, 2.24) is 0 Å². The molecule has 0 unspecified atom stereocenters. The zero-order chi connectivity index (χ0) is 9.68. The van der Waals surface area contributed by atoms with Crippen LogP contribution in [0, 0.1) is 0 Å². The summed E-state index contributed by atoms with van der Waals surface area (Å²) in [6, 6.07) is 7.77. The standard InChI is InChI=1S/C10H12ClNS/c1-8(6-12)7-13-10-4-2-3-9(11)5-10/h2-5H,1,6-7,12H2. The van der Waals surface area contributed by atoms with Crippen LogP contribution in [0.4, 0.5) is 0 Å². The molecule has 0 saturated heterocycles. The SMILES string of the molecule is C=C(CN)CSc1cccc(Cl)c1. The molecule has 1 nitrogen and oxygen atoms in total.